The highest BCUT2D eigenvalue weighted by molar-refractivity contribution is 9.10. The minimum atomic E-state index is 0.439. The predicted molar refractivity (Wildman–Crippen MR) is 73.3 cm³/mol. The normalized spacial score (nSPS) is 12.7. The van der Waals surface area contributed by atoms with Crippen LogP contribution >= 0.6 is 27.7 Å². The highest BCUT2D eigenvalue weighted by Gasteiger charge is 2.09. The zero-order valence-electron chi connectivity index (χ0n) is 9.08. The van der Waals surface area contributed by atoms with Crippen LogP contribution in [0.3, 0.4) is 0 Å². The summed E-state index contributed by atoms with van der Waals surface area (Å²) in [6, 6.07) is 8.44. The van der Waals surface area contributed by atoms with Gasteiger partial charge in [-0.1, -0.05) is 41.4 Å². The molecule has 1 rings (SSSR count). The summed E-state index contributed by atoms with van der Waals surface area (Å²) in [5.74, 6) is 1.20. The molecule has 0 aromatic heterocycles. The largest absolute Gasteiger partial charge is 0.329 e. The Hall–Kier alpha value is 0.01000. The van der Waals surface area contributed by atoms with Gasteiger partial charge in [0.25, 0.3) is 0 Å². The number of unbranched alkanes of at least 4 members (excludes halogenated alkanes) is 1. The fourth-order valence-electron chi connectivity index (χ4n) is 1.38. The van der Waals surface area contributed by atoms with Gasteiger partial charge in [-0.05, 0) is 29.9 Å². The minimum Gasteiger partial charge on any atom is -0.329 e. The van der Waals surface area contributed by atoms with Crippen molar-refractivity contribution in [1.29, 1.82) is 0 Å². The molecule has 0 aliphatic heterocycles. The summed E-state index contributed by atoms with van der Waals surface area (Å²) in [6.45, 7) is 2.93. The van der Waals surface area contributed by atoms with Crippen LogP contribution in [0.15, 0.2) is 28.7 Å². The zero-order valence-corrected chi connectivity index (χ0v) is 11.5. The van der Waals surface area contributed by atoms with Gasteiger partial charge in [0, 0.05) is 16.3 Å². The summed E-state index contributed by atoms with van der Waals surface area (Å²) >= 11 is 5.45. The Morgan fingerprint density at radius 2 is 2.27 bits per heavy atom. The molecule has 84 valence electrons. The summed E-state index contributed by atoms with van der Waals surface area (Å²) in [5.41, 5.74) is 7.13. The van der Waals surface area contributed by atoms with E-state index in [0.29, 0.717) is 11.8 Å². The van der Waals surface area contributed by atoms with Gasteiger partial charge >= 0.3 is 0 Å². The lowest BCUT2D eigenvalue weighted by Crippen LogP contribution is -2.09. The number of benzene rings is 1. The lowest BCUT2D eigenvalue weighted by atomic mass is 10.1. The van der Waals surface area contributed by atoms with Gasteiger partial charge in [-0.15, -0.1) is 0 Å². The van der Waals surface area contributed by atoms with E-state index in [4.69, 9.17) is 5.73 Å². The van der Waals surface area contributed by atoms with Crippen LogP contribution in [0, 0.1) is 0 Å². The van der Waals surface area contributed by atoms with Crippen molar-refractivity contribution in [3.8, 4) is 0 Å². The van der Waals surface area contributed by atoms with E-state index in [1.165, 1.54) is 24.2 Å². The Bertz CT molecular complexity index is 291. The van der Waals surface area contributed by atoms with Gasteiger partial charge in [0.05, 0.1) is 0 Å². The second-order valence-corrected chi connectivity index (χ2v) is 5.73. The smallest absolute Gasteiger partial charge is 0.0420 e. The lowest BCUT2D eigenvalue weighted by Gasteiger charge is -2.14. The fourth-order valence-corrected chi connectivity index (χ4v) is 3.01. The molecule has 1 unspecified atom stereocenters. The van der Waals surface area contributed by atoms with Gasteiger partial charge in [-0.25, -0.2) is 0 Å². The third-order valence-electron chi connectivity index (χ3n) is 2.25. The second kappa shape index (κ2) is 7.31. The zero-order chi connectivity index (χ0) is 11.1. The molecule has 0 bridgehead atoms. The molecule has 0 fully saturated rings. The molecular formula is C12H18BrNS. The van der Waals surface area contributed by atoms with Gasteiger partial charge in [0.15, 0.2) is 0 Å². The molecule has 0 aliphatic carbocycles. The van der Waals surface area contributed by atoms with Gasteiger partial charge in [0.1, 0.15) is 0 Å². The molecule has 0 radical (unpaired) electrons. The maximum Gasteiger partial charge on any atom is 0.0420 e. The van der Waals surface area contributed by atoms with Crippen LogP contribution in [0.4, 0.5) is 0 Å². The first-order valence-electron chi connectivity index (χ1n) is 5.35. The quantitative estimate of drug-likeness (QED) is 0.801. The van der Waals surface area contributed by atoms with Gasteiger partial charge in [0.2, 0.25) is 0 Å². The van der Waals surface area contributed by atoms with E-state index >= 15 is 0 Å². The van der Waals surface area contributed by atoms with Gasteiger partial charge in [-0.3, -0.25) is 0 Å². The van der Waals surface area contributed by atoms with Crippen LogP contribution in [-0.2, 0) is 0 Å². The van der Waals surface area contributed by atoms with Crippen molar-refractivity contribution in [3.63, 3.8) is 0 Å². The average molecular weight is 288 g/mol. The van der Waals surface area contributed by atoms with Crippen LogP contribution in [0.5, 0.6) is 0 Å². The average Bonchev–Trinajstić information content (AvgIpc) is 2.24. The third-order valence-corrected chi connectivity index (χ3v) is 4.14. The fraction of sp³-hybridized carbons (Fsp3) is 0.500. The van der Waals surface area contributed by atoms with Crippen molar-refractivity contribution in [2.75, 3.05) is 12.3 Å². The Balaban J connectivity index is 2.57. The van der Waals surface area contributed by atoms with Crippen LogP contribution in [0.1, 0.15) is 30.6 Å². The lowest BCUT2D eigenvalue weighted by molar-refractivity contribution is 0.882. The topological polar surface area (TPSA) is 26.0 Å². The SMILES string of the molecule is CCCCSC(CN)c1cccc(Br)c1. The Morgan fingerprint density at radius 3 is 2.87 bits per heavy atom. The van der Waals surface area contributed by atoms with E-state index < -0.39 is 0 Å². The molecule has 2 N–H and O–H groups in total. The minimum absolute atomic E-state index is 0.439. The van der Waals surface area contributed by atoms with Crippen molar-refractivity contribution in [3.05, 3.63) is 34.3 Å². The van der Waals surface area contributed by atoms with Crippen molar-refractivity contribution in [1.82, 2.24) is 0 Å². The monoisotopic (exact) mass is 287 g/mol. The maximum atomic E-state index is 5.80. The molecule has 3 heteroatoms. The molecule has 0 heterocycles. The van der Waals surface area contributed by atoms with Crippen molar-refractivity contribution in [2.24, 2.45) is 5.73 Å². The summed E-state index contributed by atoms with van der Waals surface area (Å²) in [6.07, 6.45) is 2.53. The van der Waals surface area contributed by atoms with Crippen LogP contribution in [-0.4, -0.2) is 12.3 Å². The molecule has 0 aliphatic rings. The Kier molecular flexibility index (Phi) is 6.37. The molecular weight excluding hydrogens is 270 g/mol. The first kappa shape index (κ1) is 13.1. The van der Waals surface area contributed by atoms with Gasteiger partial charge in [-0.2, -0.15) is 11.8 Å². The van der Waals surface area contributed by atoms with Crippen LogP contribution in [0.2, 0.25) is 0 Å². The van der Waals surface area contributed by atoms with E-state index in [1.54, 1.807) is 0 Å². The van der Waals surface area contributed by atoms with E-state index in [9.17, 15) is 0 Å². The predicted octanol–water partition coefficient (Wildman–Crippen LogP) is 3.98. The molecule has 1 aromatic carbocycles. The number of halogens is 1. The Labute approximate surface area is 105 Å². The molecule has 0 saturated heterocycles. The maximum absolute atomic E-state index is 5.80. The number of hydrogen-bond donors (Lipinski definition) is 1. The summed E-state index contributed by atoms with van der Waals surface area (Å²) in [7, 11) is 0. The van der Waals surface area contributed by atoms with E-state index in [0.717, 1.165) is 4.47 Å². The summed E-state index contributed by atoms with van der Waals surface area (Å²) in [4.78, 5) is 0. The molecule has 0 amide bonds. The number of rotatable bonds is 6. The third kappa shape index (κ3) is 4.58. The van der Waals surface area contributed by atoms with E-state index in [2.05, 4.69) is 41.1 Å². The number of thioether (sulfide) groups is 1. The number of nitrogens with two attached hydrogens (primary N) is 1. The molecule has 1 atom stereocenters. The first-order valence-corrected chi connectivity index (χ1v) is 7.19. The molecule has 1 nitrogen and oxygen atoms in total. The standard InChI is InChI=1S/C12H18BrNS/c1-2-3-7-15-12(9-14)10-5-4-6-11(13)8-10/h4-6,8,12H,2-3,7,9,14H2,1H3. The van der Waals surface area contributed by atoms with E-state index in [-0.39, 0.29) is 0 Å². The molecule has 15 heavy (non-hydrogen) atoms. The summed E-state index contributed by atoms with van der Waals surface area (Å²) in [5, 5.41) is 0.439. The Morgan fingerprint density at radius 1 is 1.47 bits per heavy atom. The van der Waals surface area contributed by atoms with Crippen molar-refractivity contribution >= 4 is 27.7 Å². The van der Waals surface area contributed by atoms with Gasteiger partial charge < -0.3 is 5.73 Å². The highest BCUT2D eigenvalue weighted by atomic mass is 79.9. The van der Waals surface area contributed by atoms with E-state index in [1.807, 2.05) is 17.8 Å². The summed E-state index contributed by atoms with van der Waals surface area (Å²) < 4.78 is 1.13. The van der Waals surface area contributed by atoms with Crippen LogP contribution < -0.4 is 5.73 Å². The first-order chi connectivity index (χ1) is 7.27. The van der Waals surface area contributed by atoms with Crippen LogP contribution in [0.25, 0.3) is 0 Å². The molecule has 1 aromatic rings. The second-order valence-electron chi connectivity index (χ2n) is 3.50. The molecule has 0 spiro atoms. The highest BCUT2D eigenvalue weighted by Crippen LogP contribution is 2.29. The number of hydrogen-bond acceptors (Lipinski definition) is 2. The van der Waals surface area contributed by atoms with Crippen molar-refractivity contribution < 1.29 is 0 Å². The van der Waals surface area contributed by atoms with Crippen molar-refractivity contribution in [2.45, 2.75) is 25.0 Å². The molecule has 0 saturated carbocycles.